The van der Waals surface area contributed by atoms with Crippen LogP contribution in [0.4, 0.5) is 23.7 Å². The summed E-state index contributed by atoms with van der Waals surface area (Å²) in [6, 6.07) is 10.8. The number of carbonyl (C=O) groups is 1. The molecule has 2 aromatic carbocycles. The number of anilines is 1. The fourth-order valence-electron chi connectivity index (χ4n) is 2.18. The first-order valence-electron chi connectivity index (χ1n) is 7.82. The van der Waals surface area contributed by atoms with Crippen LogP contribution in [0.3, 0.4) is 0 Å². The lowest BCUT2D eigenvalue weighted by molar-refractivity contribution is -0.153. The van der Waals surface area contributed by atoms with Gasteiger partial charge in [-0.2, -0.15) is 13.2 Å². The lowest BCUT2D eigenvalue weighted by atomic mass is 10.2. The van der Waals surface area contributed by atoms with E-state index in [9.17, 15) is 18.0 Å². The SMILES string of the molecule is COc1ccc(NC(=O)N(C)Cc2ccc(Cl)cc2)cc1OCC(F)(F)F. The molecule has 2 amide bonds. The van der Waals surface area contributed by atoms with E-state index in [1.165, 1.54) is 30.2 Å². The number of benzene rings is 2. The number of hydrogen-bond acceptors (Lipinski definition) is 3. The Labute approximate surface area is 159 Å². The highest BCUT2D eigenvalue weighted by atomic mass is 35.5. The lowest BCUT2D eigenvalue weighted by Crippen LogP contribution is -2.30. The average molecular weight is 403 g/mol. The molecule has 0 saturated carbocycles. The molecule has 0 radical (unpaired) electrons. The Morgan fingerprint density at radius 1 is 1.15 bits per heavy atom. The molecule has 146 valence electrons. The summed E-state index contributed by atoms with van der Waals surface area (Å²) in [6.45, 7) is -1.13. The highest BCUT2D eigenvalue weighted by molar-refractivity contribution is 6.30. The van der Waals surface area contributed by atoms with E-state index >= 15 is 0 Å². The number of nitrogens with zero attached hydrogens (tertiary/aromatic N) is 1. The van der Waals surface area contributed by atoms with Gasteiger partial charge in [-0.3, -0.25) is 0 Å². The predicted octanol–water partition coefficient (Wildman–Crippen LogP) is 4.95. The molecular formula is C18H18ClF3N2O3. The van der Waals surface area contributed by atoms with Crippen LogP contribution in [-0.4, -0.2) is 37.9 Å². The second-order valence-electron chi connectivity index (χ2n) is 5.68. The third-order valence-electron chi connectivity index (χ3n) is 3.49. The topological polar surface area (TPSA) is 50.8 Å². The first kappa shape index (κ1) is 20.7. The normalized spacial score (nSPS) is 11.0. The van der Waals surface area contributed by atoms with Gasteiger partial charge in [0.15, 0.2) is 18.1 Å². The maximum absolute atomic E-state index is 12.4. The fourth-order valence-corrected chi connectivity index (χ4v) is 2.31. The third-order valence-corrected chi connectivity index (χ3v) is 3.74. The number of halogens is 4. The van der Waals surface area contributed by atoms with E-state index in [0.717, 1.165) is 5.56 Å². The molecule has 5 nitrogen and oxygen atoms in total. The van der Waals surface area contributed by atoms with Gasteiger partial charge in [0.05, 0.1) is 7.11 Å². The van der Waals surface area contributed by atoms with Crippen LogP contribution in [0.15, 0.2) is 42.5 Å². The number of methoxy groups -OCH3 is 1. The summed E-state index contributed by atoms with van der Waals surface area (Å²) >= 11 is 5.83. The minimum atomic E-state index is -4.48. The molecule has 1 N–H and O–H groups in total. The Kier molecular flexibility index (Phi) is 6.79. The molecule has 0 aliphatic carbocycles. The highest BCUT2D eigenvalue weighted by Crippen LogP contribution is 2.31. The highest BCUT2D eigenvalue weighted by Gasteiger charge is 2.29. The minimum Gasteiger partial charge on any atom is -0.493 e. The molecule has 2 aromatic rings. The number of urea groups is 1. The van der Waals surface area contributed by atoms with E-state index in [4.69, 9.17) is 21.1 Å². The summed E-state index contributed by atoms with van der Waals surface area (Å²) in [6.07, 6.45) is -4.48. The van der Waals surface area contributed by atoms with Gasteiger partial charge in [0, 0.05) is 30.4 Å². The van der Waals surface area contributed by atoms with Crippen LogP contribution in [0.5, 0.6) is 11.5 Å². The molecule has 9 heteroatoms. The zero-order valence-electron chi connectivity index (χ0n) is 14.6. The van der Waals surface area contributed by atoms with Crippen LogP contribution in [0, 0.1) is 0 Å². The molecular weight excluding hydrogens is 385 g/mol. The van der Waals surface area contributed by atoms with Gasteiger partial charge in [-0.05, 0) is 29.8 Å². The Morgan fingerprint density at radius 3 is 2.41 bits per heavy atom. The molecule has 2 rings (SSSR count). The van der Waals surface area contributed by atoms with E-state index in [0.29, 0.717) is 11.6 Å². The number of rotatable bonds is 6. The molecule has 0 spiro atoms. The Hall–Kier alpha value is -2.61. The van der Waals surface area contributed by atoms with Gasteiger partial charge in [0.2, 0.25) is 0 Å². The van der Waals surface area contributed by atoms with E-state index in [2.05, 4.69) is 5.32 Å². The quantitative estimate of drug-likeness (QED) is 0.743. The van der Waals surface area contributed by atoms with Gasteiger partial charge in [-0.15, -0.1) is 0 Å². The third kappa shape index (κ3) is 6.56. The van der Waals surface area contributed by atoms with Crippen LogP contribution in [0.25, 0.3) is 0 Å². The summed E-state index contributed by atoms with van der Waals surface area (Å²) in [4.78, 5) is 13.7. The Balaban J connectivity index is 2.04. The first-order chi connectivity index (χ1) is 12.7. The van der Waals surface area contributed by atoms with Gasteiger partial charge < -0.3 is 19.7 Å². The monoisotopic (exact) mass is 402 g/mol. The van der Waals surface area contributed by atoms with Gasteiger partial charge in [-0.25, -0.2) is 4.79 Å². The fraction of sp³-hybridized carbons (Fsp3) is 0.278. The van der Waals surface area contributed by atoms with Crippen molar-refractivity contribution in [3.8, 4) is 11.5 Å². The number of nitrogens with one attached hydrogen (secondary N) is 1. The summed E-state index contributed by atoms with van der Waals surface area (Å²) in [5.41, 5.74) is 1.15. The zero-order valence-corrected chi connectivity index (χ0v) is 15.4. The van der Waals surface area contributed by atoms with Crippen LogP contribution >= 0.6 is 11.6 Å². The first-order valence-corrected chi connectivity index (χ1v) is 8.20. The van der Waals surface area contributed by atoms with E-state index < -0.39 is 18.8 Å². The maximum atomic E-state index is 12.4. The summed E-state index contributed by atoms with van der Waals surface area (Å²) < 4.78 is 46.9. The van der Waals surface area contributed by atoms with Crippen molar-refractivity contribution in [3.63, 3.8) is 0 Å². The molecule has 0 heterocycles. The van der Waals surface area contributed by atoms with Crippen LogP contribution in [-0.2, 0) is 6.54 Å². The minimum absolute atomic E-state index is 0.118. The summed E-state index contributed by atoms with van der Waals surface area (Å²) in [7, 11) is 2.91. The molecule has 0 atom stereocenters. The second-order valence-corrected chi connectivity index (χ2v) is 6.12. The van der Waals surface area contributed by atoms with Crippen molar-refractivity contribution in [1.29, 1.82) is 0 Å². The molecule has 0 aliphatic heterocycles. The largest absolute Gasteiger partial charge is 0.493 e. The van der Waals surface area contributed by atoms with Crippen molar-refractivity contribution in [2.24, 2.45) is 0 Å². The van der Waals surface area contributed by atoms with Gasteiger partial charge in [0.25, 0.3) is 0 Å². The Morgan fingerprint density at radius 2 is 1.81 bits per heavy atom. The molecule has 0 bridgehead atoms. The summed E-state index contributed by atoms with van der Waals surface area (Å²) in [5.74, 6) is 0.0137. The van der Waals surface area contributed by atoms with Crippen molar-refractivity contribution in [2.75, 3.05) is 26.1 Å². The Bertz CT molecular complexity index is 782. The molecule has 0 unspecified atom stereocenters. The van der Waals surface area contributed by atoms with Crippen molar-refractivity contribution in [1.82, 2.24) is 4.90 Å². The number of amides is 2. The number of alkyl halides is 3. The van der Waals surface area contributed by atoms with Crippen LogP contribution in [0.2, 0.25) is 5.02 Å². The number of carbonyl (C=O) groups excluding carboxylic acids is 1. The van der Waals surface area contributed by atoms with Crippen molar-refractivity contribution < 1.29 is 27.4 Å². The second kappa shape index (κ2) is 8.85. The molecule has 0 fully saturated rings. The smallest absolute Gasteiger partial charge is 0.422 e. The van der Waals surface area contributed by atoms with Crippen LogP contribution in [0.1, 0.15) is 5.56 Å². The van der Waals surface area contributed by atoms with E-state index in [1.54, 1.807) is 31.3 Å². The molecule has 0 saturated heterocycles. The zero-order chi connectivity index (χ0) is 20.0. The lowest BCUT2D eigenvalue weighted by Gasteiger charge is -2.19. The van der Waals surface area contributed by atoms with Gasteiger partial charge >= 0.3 is 12.2 Å². The van der Waals surface area contributed by atoms with Gasteiger partial charge in [-0.1, -0.05) is 23.7 Å². The predicted molar refractivity (Wildman–Crippen MR) is 96.5 cm³/mol. The van der Waals surface area contributed by atoms with Gasteiger partial charge in [0.1, 0.15) is 0 Å². The summed E-state index contributed by atoms with van der Waals surface area (Å²) in [5, 5.41) is 3.20. The van der Waals surface area contributed by atoms with Crippen molar-refractivity contribution >= 4 is 23.3 Å². The standard InChI is InChI=1S/C18H18ClF3N2O3/c1-24(10-12-3-5-13(19)6-4-12)17(25)23-14-7-8-15(26-2)16(9-14)27-11-18(20,21)22/h3-9H,10-11H2,1-2H3,(H,23,25). The molecule has 0 aromatic heterocycles. The van der Waals surface area contributed by atoms with E-state index in [1.807, 2.05) is 0 Å². The maximum Gasteiger partial charge on any atom is 0.422 e. The van der Waals surface area contributed by atoms with Crippen molar-refractivity contribution in [2.45, 2.75) is 12.7 Å². The number of ether oxygens (including phenoxy) is 2. The van der Waals surface area contributed by atoms with Crippen molar-refractivity contribution in [3.05, 3.63) is 53.1 Å². The molecule has 0 aliphatic rings. The average Bonchev–Trinajstić information content (AvgIpc) is 2.61. The van der Waals surface area contributed by atoms with E-state index in [-0.39, 0.29) is 17.2 Å². The molecule has 27 heavy (non-hydrogen) atoms. The van der Waals surface area contributed by atoms with Crippen LogP contribution < -0.4 is 14.8 Å². The number of hydrogen-bond donors (Lipinski definition) is 1.